The Morgan fingerprint density at radius 3 is 2.15 bits per heavy atom. The lowest BCUT2D eigenvalue weighted by Crippen LogP contribution is -2.53. The molecule has 0 saturated carbocycles. The minimum atomic E-state index is -4.25. The number of nitrogens with one attached hydrogen (secondary N) is 1. The van der Waals surface area contributed by atoms with Crippen LogP contribution in [0.25, 0.3) is 0 Å². The number of carbonyl (C=O) groups excluding carboxylic acids is 2. The molecule has 3 aromatic carbocycles. The number of hydrogen-bond donors (Lipinski definition) is 1. The minimum absolute atomic E-state index is 0.00175. The second kappa shape index (κ2) is 14.0. The van der Waals surface area contributed by atoms with Crippen molar-refractivity contribution in [2.75, 3.05) is 10.8 Å². The number of halogens is 2. The van der Waals surface area contributed by atoms with Crippen molar-refractivity contribution >= 4 is 50.7 Å². The number of carbonyl (C=O) groups is 2. The van der Waals surface area contributed by atoms with Crippen molar-refractivity contribution in [3.63, 3.8) is 0 Å². The molecule has 3 rings (SSSR count). The molecule has 1 N–H and O–H groups in total. The Kier molecular flexibility index (Phi) is 11.0. The molecule has 0 bridgehead atoms. The van der Waals surface area contributed by atoms with Crippen LogP contribution in [0.5, 0.6) is 0 Å². The van der Waals surface area contributed by atoms with Crippen molar-refractivity contribution in [1.82, 2.24) is 10.2 Å². The predicted molar refractivity (Wildman–Crippen MR) is 161 cm³/mol. The number of benzene rings is 3. The van der Waals surface area contributed by atoms with Crippen LogP contribution in [0, 0.1) is 6.92 Å². The van der Waals surface area contributed by atoms with Gasteiger partial charge in [-0.05, 0) is 56.5 Å². The SMILES string of the molecule is CCC(C)NC(=O)C(CC)N(Cc1ccccc1)C(=O)CN(c1cccc(Cl)c1Cl)S(=O)(=O)c1ccc(C)cc1. The second-order valence-corrected chi connectivity index (χ2v) is 12.3. The molecule has 2 unspecified atom stereocenters. The first-order valence-electron chi connectivity index (χ1n) is 13.2. The van der Waals surface area contributed by atoms with Crippen LogP contribution < -0.4 is 9.62 Å². The minimum Gasteiger partial charge on any atom is -0.352 e. The first kappa shape index (κ1) is 31.5. The van der Waals surface area contributed by atoms with Crippen LogP contribution in [0.3, 0.4) is 0 Å². The monoisotopic (exact) mass is 603 g/mol. The summed E-state index contributed by atoms with van der Waals surface area (Å²) in [5.74, 6) is -0.850. The molecule has 0 fully saturated rings. The third kappa shape index (κ3) is 7.56. The standard InChI is InChI=1S/C30H35Cl2N3O4S/c1-5-22(4)33-30(37)26(6-2)34(19-23-11-8-7-9-12-23)28(36)20-35(27-14-10-13-25(31)29(27)32)40(38,39)24-17-15-21(3)16-18-24/h7-18,22,26H,5-6,19-20H2,1-4H3,(H,33,37). The highest BCUT2D eigenvalue weighted by atomic mass is 35.5. The number of amides is 2. The van der Waals surface area contributed by atoms with Crippen molar-refractivity contribution in [3.8, 4) is 0 Å². The summed E-state index contributed by atoms with van der Waals surface area (Å²) < 4.78 is 28.9. The van der Waals surface area contributed by atoms with E-state index in [1.165, 1.54) is 23.1 Å². The van der Waals surface area contributed by atoms with Crippen LogP contribution in [0.1, 0.15) is 44.7 Å². The van der Waals surface area contributed by atoms with Crippen molar-refractivity contribution < 1.29 is 18.0 Å². The molecule has 0 saturated heterocycles. The predicted octanol–water partition coefficient (Wildman–Crippen LogP) is 6.22. The van der Waals surface area contributed by atoms with Crippen LogP contribution >= 0.6 is 23.2 Å². The van der Waals surface area contributed by atoms with Gasteiger partial charge < -0.3 is 10.2 Å². The van der Waals surface area contributed by atoms with Gasteiger partial charge in [0, 0.05) is 12.6 Å². The Labute approximate surface area is 247 Å². The number of rotatable bonds is 12. The summed E-state index contributed by atoms with van der Waals surface area (Å²) in [6.07, 6.45) is 1.06. The van der Waals surface area contributed by atoms with E-state index in [0.29, 0.717) is 6.42 Å². The van der Waals surface area contributed by atoms with E-state index in [1.54, 1.807) is 24.3 Å². The quantitative estimate of drug-likeness (QED) is 0.266. The highest BCUT2D eigenvalue weighted by Gasteiger charge is 2.34. The molecule has 7 nitrogen and oxygen atoms in total. The topological polar surface area (TPSA) is 86.8 Å². The molecule has 0 aliphatic carbocycles. The fraction of sp³-hybridized carbons (Fsp3) is 0.333. The van der Waals surface area contributed by atoms with Crippen molar-refractivity contribution in [2.24, 2.45) is 0 Å². The van der Waals surface area contributed by atoms with Crippen molar-refractivity contribution in [3.05, 3.63) is 94.0 Å². The molecule has 10 heteroatoms. The second-order valence-electron chi connectivity index (χ2n) is 9.65. The fourth-order valence-electron chi connectivity index (χ4n) is 4.18. The van der Waals surface area contributed by atoms with Gasteiger partial charge in [0.2, 0.25) is 11.8 Å². The van der Waals surface area contributed by atoms with Crippen molar-refractivity contribution in [1.29, 1.82) is 0 Å². The molecule has 2 amide bonds. The first-order chi connectivity index (χ1) is 19.0. The fourth-order valence-corrected chi connectivity index (χ4v) is 6.05. The number of hydrogen-bond acceptors (Lipinski definition) is 4. The van der Waals surface area contributed by atoms with E-state index in [9.17, 15) is 18.0 Å². The molecule has 0 aliphatic heterocycles. The Bertz CT molecular complexity index is 1420. The summed E-state index contributed by atoms with van der Waals surface area (Å²) in [6.45, 7) is 7.06. The maximum absolute atomic E-state index is 14.1. The Balaban J connectivity index is 2.09. The molecule has 3 aromatic rings. The van der Waals surface area contributed by atoms with Gasteiger partial charge in [0.15, 0.2) is 0 Å². The molecule has 214 valence electrons. The van der Waals surface area contributed by atoms with Gasteiger partial charge in [-0.15, -0.1) is 0 Å². The van der Waals surface area contributed by atoms with Crippen molar-refractivity contribution in [2.45, 2.75) is 64.1 Å². The molecule has 0 radical (unpaired) electrons. The van der Waals surface area contributed by atoms with Crippen LogP contribution in [0.4, 0.5) is 5.69 Å². The third-order valence-electron chi connectivity index (χ3n) is 6.67. The zero-order valence-electron chi connectivity index (χ0n) is 23.1. The van der Waals surface area contributed by atoms with Crippen LogP contribution in [0.15, 0.2) is 77.7 Å². The third-order valence-corrected chi connectivity index (χ3v) is 9.25. The normalized spacial score (nSPS) is 12.8. The average molecular weight is 605 g/mol. The van der Waals surface area contributed by atoms with Crippen LogP contribution in [-0.4, -0.2) is 43.8 Å². The van der Waals surface area contributed by atoms with E-state index < -0.39 is 28.5 Å². The lowest BCUT2D eigenvalue weighted by molar-refractivity contribution is -0.140. The molecular weight excluding hydrogens is 569 g/mol. The van der Waals surface area contributed by atoms with Crippen LogP contribution in [0.2, 0.25) is 10.0 Å². The lowest BCUT2D eigenvalue weighted by atomic mass is 10.1. The van der Waals surface area contributed by atoms with E-state index in [2.05, 4.69) is 5.32 Å². The van der Waals surface area contributed by atoms with E-state index in [4.69, 9.17) is 23.2 Å². The summed E-state index contributed by atoms with van der Waals surface area (Å²) in [4.78, 5) is 28.8. The summed E-state index contributed by atoms with van der Waals surface area (Å²) in [5, 5.41) is 3.11. The number of anilines is 1. The Hall–Kier alpha value is -3.07. The molecule has 0 heterocycles. The van der Waals surface area contributed by atoms with Gasteiger partial charge in [0.1, 0.15) is 12.6 Å². The number of aryl methyl sites for hydroxylation is 1. The summed E-state index contributed by atoms with van der Waals surface area (Å²) in [5.41, 5.74) is 1.76. The van der Waals surface area contributed by atoms with Gasteiger partial charge in [-0.2, -0.15) is 0 Å². The highest BCUT2D eigenvalue weighted by molar-refractivity contribution is 7.92. The maximum atomic E-state index is 14.1. The zero-order chi connectivity index (χ0) is 29.4. The van der Waals surface area contributed by atoms with Gasteiger partial charge in [-0.25, -0.2) is 8.42 Å². The molecule has 0 aromatic heterocycles. The highest BCUT2D eigenvalue weighted by Crippen LogP contribution is 2.35. The number of sulfonamides is 1. The van der Waals surface area contributed by atoms with E-state index in [-0.39, 0.29) is 39.1 Å². The molecule has 0 spiro atoms. The first-order valence-corrected chi connectivity index (χ1v) is 15.4. The van der Waals surface area contributed by atoms with Crippen LogP contribution in [-0.2, 0) is 26.2 Å². The lowest BCUT2D eigenvalue weighted by Gasteiger charge is -2.34. The van der Waals surface area contributed by atoms with Gasteiger partial charge in [0.05, 0.1) is 20.6 Å². The molecule has 40 heavy (non-hydrogen) atoms. The Morgan fingerprint density at radius 1 is 0.900 bits per heavy atom. The smallest absolute Gasteiger partial charge is 0.264 e. The molecular formula is C30H35Cl2N3O4S. The van der Waals surface area contributed by atoms with Gasteiger partial charge in [0.25, 0.3) is 10.0 Å². The van der Waals surface area contributed by atoms with Gasteiger partial charge in [-0.1, -0.05) is 91.1 Å². The number of nitrogens with zero attached hydrogens (tertiary/aromatic N) is 2. The molecule has 0 aliphatic rings. The van der Waals surface area contributed by atoms with E-state index >= 15 is 0 Å². The van der Waals surface area contributed by atoms with Gasteiger partial charge in [-0.3, -0.25) is 13.9 Å². The summed E-state index contributed by atoms with van der Waals surface area (Å²) in [7, 11) is -4.25. The molecule has 2 atom stereocenters. The van der Waals surface area contributed by atoms with E-state index in [0.717, 1.165) is 21.9 Å². The summed E-state index contributed by atoms with van der Waals surface area (Å²) >= 11 is 12.7. The Morgan fingerprint density at radius 2 is 1.55 bits per heavy atom. The van der Waals surface area contributed by atoms with E-state index in [1.807, 2.05) is 58.0 Å². The zero-order valence-corrected chi connectivity index (χ0v) is 25.4. The maximum Gasteiger partial charge on any atom is 0.264 e. The summed E-state index contributed by atoms with van der Waals surface area (Å²) in [6, 6.07) is 19.3. The largest absolute Gasteiger partial charge is 0.352 e. The van der Waals surface area contributed by atoms with Gasteiger partial charge >= 0.3 is 0 Å². The average Bonchev–Trinajstić information content (AvgIpc) is 2.93.